The predicted molar refractivity (Wildman–Crippen MR) is 23.3 cm³/mol. The normalized spacial score (nSPS) is 9.29. The molecule has 7 heavy (non-hydrogen) atoms. The van der Waals surface area contributed by atoms with Crippen molar-refractivity contribution < 1.29 is 0 Å². The molecule has 0 aliphatic carbocycles. The Morgan fingerprint density at radius 1 is 1.86 bits per heavy atom. The van der Waals surface area contributed by atoms with E-state index >= 15 is 0 Å². The molecular weight excluding hydrogens is 92.1 g/mol. The maximum atomic E-state index is 6.71. The van der Waals surface area contributed by atoms with E-state index in [-0.39, 0.29) is 0 Å². The molecule has 1 aromatic heterocycles. The monoisotopic (exact) mass is 97.1 g/mol. The molecule has 0 bridgehead atoms. The van der Waals surface area contributed by atoms with Crippen molar-refractivity contribution in [2.75, 3.05) is 0 Å². The first-order valence-corrected chi connectivity index (χ1v) is 1.89. The highest BCUT2D eigenvalue weighted by Crippen LogP contribution is 1.80. The molecule has 0 spiro atoms. The van der Waals surface area contributed by atoms with E-state index in [1.165, 1.54) is 6.20 Å². The van der Waals surface area contributed by atoms with Gasteiger partial charge >= 0.3 is 0 Å². The summed E-state index contributed by atoms with van der Waals surface area (Å²) in [7, 11) is 0. The maximum absolute atomic E-state index is 6.71. The van der Waals surface area contributed by atoms with Crippen LogP contribution in [0.3, 0.4) is 0 Å². The van der Waals surface area contributed by atoms with E-state index in [1.807, 2.05) is 0 Å². The molecule has 4 heteroatoms. The molecule has 0 atom stereocenters. The van der Waals surface area contributed by atoms with Gasteiger partial charge in [0.15, 0.2) is 0 Å². The molecule has 1 radical (unpaired) electrons. The Bertz CT molecular complexity index is 139. The molecule has 1 rings (SSSR count). The molecule has 1 aromatic rings. The standard InChI is InChI=1S/C3H5N4/c1-3-2-5-7(4)6-3/h2,4H,1H3. The van der Waals surface area contributed by atoms with Crippen molar-refractivity contribution in [1.82, 2.24) is 20.9 Å². The molecule has 0 amide bonds. The van der Waals surface area contributed by atoms with Gasteiger partial charge in [0.1, 0.15) is 0 Å². The van der Waals surface area contributed by atoms with Crippen LogP contribution in [0.4, 0.5) is 0 Å². The van der Waals surface area contributed by atoms with E-state index in [0.717, 1.165) is 10.6 Å². The summed E-state index contributed by atoms with van der Waals surface area (Å²) >= 11 is 0. The highest BCUT2D eigenvalue weighted by Gasteiger charge is 1.85. The summed E-state index contributed by atoms with van der Waals surface area (Å²) in [6, 6.07) is 0. The van der Waals surface area contributed by atoms with Crippen LogP contribution in [-0.4, -0.2) is 15.1 Å². The molecular formula is C3H5N4. The van der Waals surface area contributed by atoms with E-state index in [4.69, 9.17) is 5.84 Å². The SMILES string of the molecule is Cc1cnn([NH])n1. The van der Waals surface area contributed by atoms with E-state index in [9.17, 15) is 0 Å². The molecule has 37 valence electrons. The van der Waals surface area contributed by atoms with Crippen LogP contribution in [-0.2, 0) is 0 Å². The zero-order valence-electron chi connectivity index (χ0n) is 3.92. The van der Waals surface area contributed by atoms with Crippen LogP contribution in [0.25, 0.3) is 0 Å². The second-order valence-electron chi connectivity index (χ2n) is 1.28. The number of hydrogen-bond donors (Lipinski definition) is 0. The molecule has 0 unspecified atom stereocenters. The Balaban J connectivity index is 3.04. The summed E-state index contributed by atoms with van der Waals surface area (Å²) in [4.78, 5) is 0.787. The minimum Gasteiger partial charge on any atom is -0.186 e. The van der Waals surface area contributed by atoms with Gasteiger partial charge in [0.25, 0.3) is 0 Å². The third-order valence-electron chi connectivity index (χ3n) is 0.606. The lowest BCUT2D eigenvalue weighted by Crippen LogP contribution is -1.96. The van der Waals surface area contributed by atoms with Crippen LogP contribution in [0.5, 0.6) is 0 Å². The van der Waals surface area contributed by atoms with Gasteiger partial charge in [0.05, 0.1) is 11.9 Å². The van der Waals surface area contributed by atoms with Gasteiger partial charge in [0.2, 0.25) is 0 Å². The van der Waals surface area contributed by atoms with Gasteiger partial charge in [0, 0.05) is 0 Å². The van der Waals surface area contributed by atoms with Crippen LogP contribution in [0.1, 0.15) is 5.69 Å². The average Bonchev–Trinajstić information content (AvgIpc) is 1.87. The zero-order chi connectivity index (χ0) is 5.28. The molecule has 0 aromatic carbocycles. The van der Waals surface area contributed by atoms with Crippen LogP contribution in [0.2, 0.25) is 0 Å². The quantitative estimate of drug-likeness (QED) is 0.443. The first-order chi connectivity index (χ1) is 3.29. The highest BCUT2D eigenvalue weighted by molar-refractivity contribution is 4.83. The molecule has 0 aliphatic heterocycles. The van der Waals surface area contributed by atoms with Crippen molar-refractivity contribution in [1.29, 1.82) is 0 Å². The summed E-state index contributed by atoms with van der Waals surface area (Å²) in [5, 5.41) is 7.07. The number of nitrogens with zero attached hydrogens (tertiary/aromatic N) is 3. The Morgan fingerprint density at radius 2 is 2.57 bits per heavy atom. The topological polar surface area (TPSA) is 54.5 Å². The fourth-order valence-corrected chi connectivity index (χ4v) is 0.339. The smallest absolute Gasteiger partial charge is 0.0818 e. The number of nitrogens with one attached hydrogen (secondary N) is 1. The van der Waals surface area contributed by atoms with E-state index in [2.05, 4.69) is 10.2 Å². The van der Waals surface area contributed by atoms with Crippen LogP contribution < -0.4 is 5.84 Å². The number of aromatic nitrogens is 3. The lowest BCUT2D eigenvalue weighted by molar-refractivity contribution is 0.601. The van der Waals surface area contributed by atoms with E-state index < -0.39 is 0 Å². The summed E-state index contributed by atoms with van der Waals surface area (Å²) in [6.07, 6.45) is 1.53. The molecule has 1 N–H and O–H groups in total. The third-order valence-corrected chi connectivity index (χ3v) is 0.606. The summed E-state index contributed by atoms with van der Waals surface area (Å²) < 4.78 is 0. The predicted octanol–water partition coefficient (Wildman–Crippen LogP) is -0.367. The van der Waals surface area contributed by atoms with E-state index in [0.29, 0.717) is 0 Å². The fraction of sp³-hybridized carbons (Fsp3) is 0.333. The van der Waals surface area contributed by atoms with Gasteiger partial charge in [-0.15, -0.1) is 10.2 Å². The zero-order valence-corrected chi connectivity index (χ0v) is 3.92. The fourth-order valence-electron chi connectivity index (χ4n) is 0.339. The van der Waals surface area contributed by atoms with Gasteiger partial charge in [-0.2, -0.15) is 5.84 Å². The Kier molecular flexibility index (Phi) is 0.714. The minimum atomic E-state index is 0.773. The van der Waals surface area contributed by atoms with Gasteiger partial charge in [-0.3, -0.25) is 0 Å². The van der Waals surface area contributed by atoms with Crippen molar-refractivity contribution in [3.05, 3.63) is 11.9 Å². The first-order valence-electron chi connectivity index (χ1n) is 1.89. The van der Waals surface area contributed by atoms with E-state index in [1.54, 1.807) is 6.92 Å². The Labute approximate surface area is 40.9 Å². The maximum Gasteiger partial charge on any atom is 0.0818 e. The second kappa shape index (κ2) is 1.22. The Morgan fingerprint density at radius 3 is 2.71 bits per heavy atom. The second-order valence-corrected chi connectivity index (χ2v) is 1.28. The molecule has 0 fully saturated rings. The molecule has 0 saturated heterocycles. The number of aryl methyl sites for hydroxylation is 1. The molecule has 0 aliphatic rings. The van der Waals surface area contributed by atoms with Gasteiger partial charge in [-0.25, -0.2) is 0 Å². The molecule has 4 nitrogen and oxygen atoms in total. The minimum absolute atomic E-state index is 0.773. The summed E-state index contributed by atoms with van der Waals surface area (Å²) in [6.45, 7) is 1.79. The Hall–Kier alpha value is -1.06. The largest absolute Gasteiger partial charge is 0.186 e. The van der Waals surface area contributed by atoms with Gasteiger partial charge in [-0.05, 0) is 6.92 Å². The van der Waals surface area contributed by atoms with Gasteiger partial charge in [-0.1, -0.05) is 4.91 Å². The first kappa shape index (κ1) is 4.11. The number of rotatable bonds is 0. The lowest BCUT2D eigenvalue weighted by Gasteiger charge is -1.74. The van der Waals surface area contributed by atoms with Crippen LogP contribution in [0.15, 0.2) is 6.20 Å². The highest BCUT2D eigenvalue weighted by atomic mass is 15.6. The van der Waals surface area contributed by atoms with Crippen molar-refractivity contribution >= 4 is 0 Å². The summed E-state index contributed by atoms with van der Waals surface area (Å²) in [5.41, 5.74) is 0.773. The van der Waals surface area contributed by atoms with Gasteiger partial charge < -0.3 is 0 Å². The van der Waals surface area contributed by atoms with Crippen molar-refractivity contribution in [3.63, 3.8) is 0 Å². The van der Waals surface area contributed by atoms with Crippen LogP contribution >= 0.6 is 0 Å². The third kappa shape index (κ3) is 0.677. The van der Waals surface area contributed by atoms with Crippen LogP contribution in [0, 0.1) is 6.92 Å². The lowest BCUT2D eigenvalue weighted by atomic mass is 10.6. The molecule has 1 heterocycles. The van der Waals surface area contributed by atoms with Crippen molar-refractivity contribution in [2.24, 2.45) is 0 Å². The summed E-state index contributed by atoms with van der Waals surface area (Å²) in [5.74, 6) is 6.71. The average molecular weight is 97.1 g/mol. The number of hydrogen-bond acceptors (Lipinski definition) is 2. The van der Waals surface area contributed by atoms with Crippen molar-refractivity contribution in [2.45, 2.75) is 6.92 Å². The molecule has 0 saturated carbocycles. The van der Waals surface area contributed by atoms with Crippen molar-refractivity contribution in [3.8, 4) is 0 Å².